The molecule has 0 aliphatic rings. The van der Waals surface area contributed by atoms with E-state index in [-0.39, 0.29) is 17.9 Å². The number of amides is 1. The van der Waals surface area contributed by atoms with Crippen LogP contribution in [0.3, 0.4) is 0 Å². The van der Waals surface area contributed by atoms with E-state index >= 15 is 0 Å². The Morgan fingerprint density at radius 1 is 1.39 bits per heavy atom. The first-order valence-corrected chi connectivity index (χ1v) is 6.61. The number of rotatable bonds is 6. The van der Waals surface area contributed by atoms with Gasteiger partial charge in [0.2, 0.25) is 5.91 Å². The summed E-state index contributed by atoms with van der Waals surface area (Å²) in [6.07, 6.45) is 1.75. The minimum atomic E-state index is 0.0285. The minimum Gasteiger partial charge on any atom is -0.349 e. The zero-order chi connectivity index (χ0) is 13.5. The molecule has 0 fully saturated rings. The second-order valence-corrected chi connectivity index (χ2v) is 4.98. The number of hydrogen-bond donors (Lipinski definition) is 2. The number of carbonyl (C=O) groups is 1. The number of aryl methyl sites for hydroxylation is 1. The summed E-state index contributed by atoms with van der Waals surface area (Å²) in [5.74, 6) is 0.137. The SMILES string of the molecule is Cc1cccc([C@H](C)NC(=O)C(C)CCCN)c1. The van der Waals surface area contributed by atoms with Gasteiger partial charge in [-0.05, 0) is 38.8 Å². The molecule has 0 radical (unpaired) electrons. The van der Waals surface area contributed by atoms with Crippen LogP contribution in [-0.2, 0) is 4.79 Å². The third kappa shape index (κ3) is 4.49. The number of nitrogens with one attached hydrogen (secondary N) is 1. The first-order chi connectivity index (χ1) is 8.54. The highest BCUT2D eigenvalue weighted by molar-refractivity contribution is 5.78. The van der Waals surface area contributed by atoms with Crippen LogP contribution in [0.25, 0.3) is 0 Å². The molecule has 1 amide bonds. The molecule has 0 aliphatic heterocycles. The van der Waals surface area contributed by atoms with Crippen LogP contribution < -0.4 is 11.1 Å². The van der Waals surface area contributed by atoms with E-state index in [9.17, 15) is 4.79 Å². The Balaban J connectivity index is 2.54. The lowest BCUT2D eigenvalue weighted by atomic mass is 10.0. The molecule has 3 N–H and O–H groups in total. The minimum absolute atomic E-state index is 0.0285. The van der Waals surface area contributed by atoms with Gasteiger partial charge in [0, 0.05) is 5.92 Å². The van der Waals surface area contributed by atoms with Crippen LogP contribution in [0, 0.1) is 12.8 Å². The van der Waals surface area contributed by atoms with Crippen LogP contribution >= 0.6 is 0 Å². The van der Waals surface area contributed by atoms with Gasteiger partial charge in [0.05, 0.1) is 6.04 Å². The monoisotopic (exact) mass is 248 g/mol. The summed E-state index contributed by atoms with van der Waals surface area (Å²) >= 11 is 0. The Bertz CT molecular complexity index is 390. The molecule has 0 saturated carbocycles. The molecular formula is C15H24N2O. The summed E-state index contributed by atoms with van der Waals surface area (Å²) in [4.78, 5) is 12.0. The molecule has 1 aromatic rings. The van der Waals surface area contributed by atoms with Gasteiger partial charge < -0.3 is 11.1 Å². The van der Waals surface area contributed by atoms with Crippen molar-refractivity contribution < 1.29 is 4.79 Å². The summed E-state index contributed by atoms with van der Waals surface area (Å²) in [6, 6.07) is 8.28. The van der Waals surface area contributed by atoms with Gasteiger partial charge in [0.25, 0.3) is 0 Å². The van der Waals surface area contributed by atoms with Crippen molar-refractivity contribution in [1.29, 1.82) is 0 Å². The molecule has 2 atom stereocenters. The van der Waals surface area contributed by atoms with Crippen LogP contribution in [0.15, 0.2) is 24.3 Å². The van der Waals surface area contributed by atoms with Gasteiger partial charge in [-0.2, -0.15) is 0 Å². The summed E-state index contributed by atoms with van der Waals surface area (Å²) in [6.45, 7) is 6.67. The first kappa shape index (κ1) is 14.7. The summed E-state index contributed by atoms with van der Waals surface area (Å²) in [5.41, 5.74) is 7.81. The van der Waals surface area contributed by atoms with Crippen molar-refractivity contribution in [3.8, 4) is 0 Å². The molecular weight excluding hydrogens is 224 g/mol. The summed E-state index contributed by atoms with van der Waals surface area (Å²) < 4.78 is 0. The fourth-order valence-electron chi connectivity index (χ4n) is 1.93. The van der Waals surface area contributed by atoms with Crippen LogP contribution in [0.2, 0.25) is 0 Å². The number of benzene rings is 1. The van der Waals surface area contributed by atoms with Crippen molar-refractivity contribution in [3.05, 3.63) is 35.4 Å². The lowest BCUT2D eigenvalue weighted by Crippen LogP contribution is -2.31. The van der Waals surface area contributed by atoms with E-state index in [2.05, 4.69) is 24.4 Å². The molecule has 3 heteroatoms. The predicted octanol–water partition coefficient (Wildman–Crippen LogP) is 2.55. The third-order valence-electron chi connectivity index (χ3n) is 3.19. The van der Waals surface area contributed by atoms with Gasteiger partial charge in [-0.3, -0.25) is 4.79 Å². The molecule has 0 saturated heterocycles. The summed E-state index contributed by atoms with van der Waals surface area (Å²) in [7, 11) is 0. The predicted molar refractivity (Wildman–Crippen MR) is 75.2 cm³/mol. The van der Waals surface area contributed by atoms with Crippen LogP contribution in [0.4, 0.5) is 0 Å². The van der Waals surface area contributed by atoms with E-state index in [4.69, 9.17) is 5.73 Å². The molecule has 3 nitrogen and oxygen atoms in total. The van der Waals surface area contributed by atoms with E-state index in [0.717, 1.165) is 18.4 Å². The smallest absolute Gasteiger partial charge is 0.223 e. The van der Waals surface area contributed by atoms with Gasteiger partial charge in [0.15, 0.2) is 0 Å². The van der Waals surface area contributed by atoms with Crippen molar-refractivity contribution in [2.24, 2.45) is 11.7 Å². The van der Waals surface area contributed by atoms with Crippen LogP contribution in [0.5, 0.6) is 0 Å². The van der Waals surface area contributed by atoms with Gasteiger partial charge in [0.1, 0.15) is 0 Å². The fourth-order valence-corrected chi connectivity index (χ4v) is 1.93. The zero-order valence-electron chi connectivity index (χ0n) is 11.6. The van der Waals surface area contributed by atoms with Crippen molar-refractivity contribution in [3.63, 3.8) is 0 Å². The van der Waals surface area contributed by atoms with Crippen LogP contribution in [0.1, 0.15) is 43.9 Å². The van der Waals surface area contributed by atoms with Crippen molar-refractivity contribution in [2.75, 3.05) is 6.54 Å². The van der Waals surface area contributed by atoms with Gasteiger partial charge >= 0.3 is 0 Å². The normalized spacial score (nSPS) is 14.0. The molecule has 1 unspecified atom stereocenters. The maximum absolute atomic E-state index is 12.0. The highest BCUT2D eigenvalue weighted by Gasteiger charge is 2.15. The van der Waals surface area contributed by atoms with Gasteiger partial charge in [-0.15, -0.1) is 0 Å². The maximum Gasteiger partial charge on any atom is 0.223 e. The summed E-state index contributed by atoms with van der Waals surface area (Å²) in [5, 5.41) is 3.05. The number of hydrogen-bond acceptors (Lipinski definition) is 2. The van der Waals surface area contributed by atoms with E-state index in [1.54, 1.807) is 0 Å². The number of carbonyl (C=O) groups excluding carboxylic acids is 1. The standard InChI is InChI=1S/C15H24N2O/c1-11-6-4-8-14(10-11)13(3)17-15(18)12(2)7-5-9-16/h4,6,8,10,12-13H,5,7,9,16H2,1-3H3,(H,17,18)/t12?,13-/m0/s1. The van der Waals surface area contributed by atoms with E-state index in [0.29, 0.717) is 6.54 Å². The average molecular weight is 248 g/mol. The van der Waals surface area contributed by atoms with Crippen molar-refractivity contribution in [1.82, 2.24) is 5.32 Å². The van der Waals surface area contributed by atoms with E-state index in [1.165, 1.54) is 5.56 Å². The second-order valence-electron chi connectivity index (χ2n) is 4.98. The van der Waals surface area contributed by atoms with Gasteiger partial charge in [-0.25, -0.2) is 0 Å². The average Bonchev–Trinajstić information content (AvgIpc) is 2.35. The maximum atomic E-state index is 12.0. The quantitative estimate of drug-likeness (QED) is 0.813. The van der Waals surface area contributed by atoms with E-state index in [1.807, 2.05) is 26.0 Å². The van der Waals surface area contributed by atoms with Gasteiger partial charge in [-0.1, -0.05) is 36.8 Å². The molecule has 0 heterocycles. The molecule has 0 spiro atoms. The molecule has 100 valence electrons. The fraction of sp³-hybridized carbons (Fsp3) is 0.533. The molecule has 0 aromatic heterocycles. The van der Waals surface area contributed by atoms with Crippen molar-refractivity contribution >= 4 is 5.91 Å². The van der Waals surface area contributed by atoms with Crippen LogP contribution in [-0.4, -0.2) is 12.5 Å². The Kier molecular flexibility index (Phi) is 5.86. The largest absolute Gasteiger partial charge is 0.349 e. The zero-order valence-corrected chi connectivity index (χ0v) is 11.6. The third-order valence-corrected chi connectivity index (χ3v) is 3.19. The van der Waals surface area contributed by atoms with Crippen molar-refractivity contribution in [2.45, 2.75) is 39.7 Å². The molecule has 18 heavy (non-hydrogen) atoms. The Hall–Kier alpha value is -1.35. The molecule has 1 rings (SSSR count). The molecule has 1 aromatic carbocycles. The van der Waals surface area contributed by atoms with E-state index < -0.39 is 0 Å². The molecule has 0 bridgehead atoms. The topological polar surface area (TPSA) is 55.1 Å². The Morgan fingerprint density at radius 3 is 2.72 bits per heavy atom. The lowest BCUT2D eigenvalue weighted by Gasteiger charge is -2.18. The number of nitrogens with two attached hydrogens (primary N) is 1. The molecule has 0 aliphatic carbocycles. The highest BCUT2D eigenvalue weighted by atomic mass is 16.1. The first-order valence-electron chi connectivity index (χ1n) is 6.61. The Labute approximate surface area is 110 Å². The second kappa shape index (κ2) is 7.17. The Morgan fingerprint density at radius 2 is 2.11 bits per heavy atom. The highest BCUT2D eigenvalue weighted by Crippen LogP contribution is 2.15. The lowest BCUT2D eigenvalue weighted by molar-refractivity contribution is -0.125.